The Morgan fingerprint density at radius 3 is 2.83 bits per heavy atom. The SMILES string of the molecule is CC1(C)CCCN(C(=O)c2cccc(F)n2)CC1. The van der Waals surface area contributed by atoms with Crippen molar-refractivity contribution < 1.29 is 9.18 Å². The summed E-state index contributed by atoms with van der Waals surface area (Å²) in [4.78, 5) is 17.7. The average Bonchev–Trinajstić information content (AvgIpc) is 2.49. The highest BCUT2D eigenvalue weighted by atomic mass is 19.1. The van der Waals surface area contributed by atoms with Crippen molar-refractivity contribution in [1.29, 1.82) is 0 Å². The number of carbonyl (C=O) groups is 1. The van der Waals surface area contributed by atoms with E-state index < -0.39 is 5.95 Å². The number of carbonyl (C=O) groups excluding carboxylic acids is 1. The van der Waals surface area contributed by atoms with Gasteiger partial charge in [-0.05, 0) is 36.8 Å². The van der Waals surface area contributed by atoms with E-state index in [1.54, 1.807) is 11.0 Å². The van der Waals surface area contributed by atoms with Crippen molar-refractivity contribution in [3.05, 3.63) is 29.8 Å². The highest BCUT2D eigenvalue weighted by Crippen LogP contribution is 2.30. The molecular formula is C14H19FN2O. The molecule has 4 heteroatoms. The van der Waals surface area contributed by atoms with Crippen LogP contribution in [0.15, 0.2) is 18.2 Å². The second-order valence-electron chi connectivity index (χ2n) is 5.66. The molecule has 1 aromatic heterocycles. The van der Waals surface area contributed by atoms with Gasteiger partial charge in [-0.15, -0.1) is 0 Å². The summed E-state index contributed by atoms with van der Waals surface area (Å²) in [6.45, 7) is 5.91. The molecule has 2 rings (SSSR count). The van der Waals surface area contributed by atoms with Crippen LogP contribution in [0.1, 0.15) is 43.6 Å². The van der Waals surface area contributed by atoms with Crippen LogP contribution in [0.5, 0.6) is 0 Å². The van der Waals surface area contributed by atoms with Crippen LogP contribution in [0.2, 0.25) is 0 Å². The van der Waals surface area contributed by atoms with Crippen molar-refractivity contribution in [2.45, 2.75) is 33.1 Å². The lowest BCUT2D eigenvalue weighted by Crippen LogP contribution is -2.33. The Labute approximate surface area is 107 Å². The summed E-state index contributed by atoms with van der Waals surface area (Å²) in [5.74, 6) is -0.761. The van der Waals surface area contributed by atoms with E-state index in [4.69, 9.17) is 0 Å². The maximum Gasteiger partial charge on any atom is 0.272 e. The topological polar surface area (TPSA) is 33.2 Å². The standard InChI is InChI=1S/C14H19FN2O/c1-14(2)7-4-9-17(10-8-14)13(18)11-5-3-6-12(15)16-11/h3,5-6H,4,7-10H2,1-2H3. The van der Waals surface area contributed by atoms with Gasteiger partial charge in [-0.2, -0.15) is 4.39 Å². The molecule has 0 saturated carbocycles. The highest BCUT2D eigenvalue weighted by molar-refractivity contribution is 5.92. The molecule has 1 amide bonds. The zero-order valence-electron chi connectivity index (χ0n) is 10.9. The molecule has 3 nitrogen and oxygen atoms in total. The molecule has 0 aromatic carbocycles. The molecule has 0 aliphatic carbocycles. The minimum Gasteiger partial charge on any atom is -0.337 e. The first kappa shape index (κ1) is 13.0. The summed E-state index contributed by atoms with van der Waals surface area (Å²) in [7, 11) is 0. The number of rotatable bonds is 1. The first-order valence-corrected chi connectivity index (χ1v) is 6.40. The first-order valence-electron chi connectivity index (χ1n) is 6.40. The van der Waals surface area contributed by atoms with Crippen molar-refractivity contribution >= 4 is 5.91 Å². The number of halogens is 1. The van der Waals surface area contributed by atoms with Gasteiger partial charge in [0.15, 0.2) is 0 Å². The Balaban J connectivity index is 2.10. The molecule has 0 atom stereocenters. The largest absolute Gasteiger partial charge is 0.337 e. The molecule has 0 N–H and O–H groups in total. The zero-order chi connectivity index (χ0) is 13.2. The molecular weight excluding hydrogens is 231 g/mol. The number of aromatic nitrogens is 1. The third-order valence-electron chi connectivity index (χ3n) is 3.56. The minimum absolute atomic E-state index is 0.160. The summed E-state index contributed by atoms with van der Waals surface area (Å²) in [6.07, 6.45) is 3.09. The number of pyridine rings is 1. The minimum atomic E-state index is -0.601. The summed E-state index contributed by atoms with van der Waals surface area (Å²) in [6, 6.07) is 4.35. The molecule has 2 heterocycles. The number of nitrogens with zero attached hydrogens (tertiary/aromatic N) is 2. The smallest absolute Gasteiger partial charge is 0.272 e. The lowest BCUT2D eigenvalue weighted by molar-refractivity contribution is 0.0750. The van der Waals surface area contributed by atoms with Crippen LogP contribution >= 0.6 is 0 Å². The monoisotopic (exact) mass is 250 g/mol. The van der Waals surface area contributed by atoms with E-state index in [9.17, 15) is 9.18 Å². The normalized spacial score (nSPS) is 19.4. The van der Waals surface area contributed by atoms with Crippen LogP contribution in [-0.4, -0.2) is 28.9 Å². The van der Waals surface area contributed by atoms with Crippen molar-refractivity contribution in [2.24, 2.45) is 5.41 Å². The Morgan fingerprint density at radius 1 is 1.33 bits per heavy atom. The van der Waals surface area contributed by atoms with E-state index in [0.717, 1.165) is 32.4 Å². The molecule has 98 valence electrons. The Morgan fingerprint density at radius 2 is 2.11 bits per heavy atom. The van der Waals surface area contributed by atoms with Gasteiger partial charge in [-0.1, -0.05) is 19.9 Å². The number of hydrogen-bond donors (Lipinski definition) is 0. The van der Waals surface area contributed by atoms with Crippen molar-refractivity contribution in [2.75, 3.05) is 13.1 Å². The summed E-state index contributed by atoms with van der Waals surface area (Å²) >= 11 is 0. The van der Waals surface area contributed by atoms with E-state index in [-0.39, 0.29) is 17.0 Å². The summed E-state index contributed by atoms with van der Waals surface area (Å²) < 4.78 is 13.0. The lowest BCUT2D eigenvalue weighted by atomic mass is 9.85. The van der Waals surface area contributed by atoms with Crippen LogP contribution < -0.4 is 0 Å². The predicted molar refractivity (Wildman–Crippen MR) is 67.7 cm³/mol. The van der Waals surface area contributed by atoms with Gasteiger partial charge in [0.05, 0.1) is 0 Å². The fraction of sp³-hybridized carbons (Fsp3) is 0.571. The molecule has 1 fully saturated rings. The summed E-state index contributed by atoms with van der Waals surface area (Å²) in [5.41, 5.74) is 0.486. The molecule has 1 saturated heterocycles. The molecule has 18 heavy (non-hydrogen) atoms. The van der Waals surface area contributed by atoms with Crippen molar-refractivity contribution in [1.82, 2.24) is 9.88 Å². The highest BCUT2D eigenvalue weighted by Gasteiger charge is 2.26. The maximum absolute atomic E-state index is 13.0. The van der Waals surface area contributed by atoms with Crippen LogP contribution in [0, 0.1) is 11.4 Å². The van der Waals surface area contributed by atoms with E-state index >= 15 is 0 Å². The van der Waals surface area contributed by atoms with Crippen molar-refractivity contribution in [3.8, 4) is 0 Å². The Bertz CT molecular complexity index is 445. The lowest BCUT2D eigenvalue weighted by Gasteiger charge is -2.23. The molecule has 0 spiro atoms. The molecule has 1 aromatic rings. The second-order valence-corrected chi connectivity index (χ2v) is 5.66. The second kappa shape index (κ2) is 5.04. The third kappa shape index (κ3) is 3.06. The van der Waals surface area contributed by atoms with Gasteiger partial charge >= 0.3 is 0 Å². The van der Waals surface area contributed by atoms with E-state index in [1.807, 2.05) is 0 Å². The van der Waals surface area contributed by atoms with Gasteiger partial charge < -0.3 is 4.90 Å². The van der Waals surface area contributed by atoms with Gasteiger partial charge in [-0.3, -0.25) is 4.79 Å². The third-order valence-corrected chi connectivity index (χ3v) is 3.56. The van der Waals surface area contributed by atoms with Crippen LogP contribution in [0.25, 0.3) is 0 Å². The van der Waals surface area contributed by atoms with Crippen molar-refractivity contribution in [3.63, 3.8) is 0 Å². The quantitative estimate of drug-likeness (QED) is 0.718. The molecule has 0 radical (unpaired) electrons. The van der Waals surface area contributed by atoms with Gasteiger partial charge in [0.2, 0.25) is 5.95 Å². The Kier molecular flexibility index (Phi) is 3.64. The van der Waals surface area contributed by atoms with Gasteiger partial charge in [-0.25, -0.2) is 4.98 Å². The van der Waals surface area contributed by atoms with Crippen LogP contribution in [0.3, 0.4) is 0 Å². The van der Waals surface area contributed by atoms with E-state index in [1.165, 1.54) is 12.1 Å². The fourth-order valence-electron chi connectivity index (χ4n) is 2.32. The predicted octanol–water partition coefficient (Wildman–Crippen LogP) is 2.87. The first-order chi connectivity index (χ1) is 8.48. The summed E-state index contributed by atoms with van der Waals surface area (Å²) in [5, 5.41) is 0. The number of amides is 1. The van der Waals surface area contributed by atoms with Crippen LogP contribution in [0.4, 0.5) is 4.39 Å². The maximum atomic E-state index is 13.0. The van der Waals surface area contributed by atoms with Gasteiger partial charge in [0.1, 0.15) is 5.69 Å². The van der Waals surface area contributed by atoms with E-state index in [2.05, 4.69) is 18.8 Å². The molecule has 1 aliphatic heterocycles. The fourth-order valence-corrected chi connectivity index (χ4v) is 2.32. The van der Waals surface area contributed by atoms with Gasteiger partial charge in [0.25, 0.3) is 5.91 Å². The molecule has 0 bridgehead atoms. The van der Waals surface area contributed by atoms with E-state index in [0.29, 0.717) is 0 Å². The average molecular weight is 250 g/mol. The number of likely N-dealkylation sites (tertiary alicyclic amines) is 1. The van der Waals surface area contributed by atoms with Gasteiger partial charge in [0, 0.05) is 13.1 Å². The zero-order valence-corrected chi connectivity index (χ0v) is 10.9. The molecule has 0 unspecified atom stereocenters. The molecule has 1 aliphatic rings. The van der Waals surface area contributed by atoms with Crippen LogP contribution in [-0.2, 0) is 0 Å². The Hall–Kier alpha value is -1.45. The number of hydrogen-bond acceptors (Lipinski definition) is 2.